The lowest BCUT2D eigenvalue weighted by Gasteiger charge is -2.32. The van der Waals surface area contributed by atoms with E-state index in [2.05, 4.69) is 41.0 Å². The Morgan fingerprint density at radius 2 is 1.94 bits per heavy atom. The molecule has 2 aromatic carbocycles. The number of nitrogens with one attached hydrogen (secondary N) is 1. The summed E-state index contributed by atoms with van der Waals surface area (Å²) in [5.41, 5.74) is 3.83. The summed E-state index contributed by atoms with van der Waals surface area (Å²) in [4.78, 5) is 18.7. The van der Waals surface area contributed by atoms with Crippen molar-refractivity contribution >= 4 is 23.2 Å². The van der Waals surface area contributed by atoms with Crippen LogP contribution < -0.4 is 10.1 Å². The summed E-state index contributed by atoms with van der Waals surface area (Å²) in [5, 5.41) is 3.64. The van der Waals surface area contributed by atoms with Crippen molar-refractivity contribution in [2.24, 2.45) is 0 Å². The minimum atomic E-state index is 0.0185. The van der Waals surface area contributed by atoms with E-state index in [9.17, 15) is 4.79 Å². The second-order valence-corrected chi connectivity index (χ2v) is 9.49. The van der Waals surface area contributed by atoms with Gasteiger partial charge in [0.15, 0.2) is 0 Å². The first-order valence-corrected chi connectivity index (χ1v) is 11.8. The predicted octanol–water partition coefficient (Wildman–Crippen LogP) is 5.78. The highest BCUT2D eigenvalue weighted by Crippen LogP contribution is 2.31. The average molecular weight is 452 g/mol. The fourth-order valence-corrected chi connectivity index (χ4v) is 4.81. The molecule has 1 aliphatic carbocycles. The quantitative estimate of drug-likeness (QED) is 0.586. The maximum atomic E-state index is 12.9. The van der Waals surface area contributed by atoms with Crippen LogP contribution in [0.3, 0.4) is 0 Å². The fourth-order valence-electron chi connectivity index (χ4n) is 4.59. The molecule has 2 aromatic rings. The van der Waals surface area contributed by atoms with Gasteiger partial charge in [0.1, 0.15) is 5.75 Å². The smallest absolute Gasteiger partial charge is 0.251 e. The van der Waals surface area contributed by atoms with Gasteiger partial charge in [-0.25, -0.2) is 4.85 Å². The SMILES string of the molecule is [C-]#[N+]c1ccc(OC2CCC(NC(=O)c3ccc4c(c3)CCN(C(C)C)C4)CC2)cc1Cl. The molecule has 2 aliphatic rings. The summed E-state index contributed by atoms with van der Waals surface area (Å²) >= 11 is 6.11. The van der Waals surface area contributed by atoms with Crippen LogP contribution in [0.2, 0.25) is 5.02 Å². The third-order valence-corrected chi connectivity index (χ3v) is 6.90. The van der Waals surface area contributed by atoms with E-state index in [1.807, 2.05) is 6.07 Å². The Labute approximate surface area is 195 Å². The van der Waals surface area contributed by atoms with Crippen molar-refractivity contribution in [3.63, 3.8) is 0 Å². The van der Waals surface area contributed by atoms with Crippen molar-refractivity contribution in [2.75, 3.05) is 6.54 Å². The van der Waals surface area contributed by atoms with Gasteiger partial charge >= 0.3 is 0 Å². The van der Waals surface area contributed by atoms with Gasteiger partial charge in [0.25, 0.3) is 5.91 Å². The molecule has 0 aromatic heterocycles. The standard InChI is InChI=1S/C26H30ClN3O2/c1-17(2)30-13-12-18-14-19(4-5-20(18)16-30)26(31)29-21-6-8-22(9-7-21)32-23-10-11-25(28-3)24(27)15-23/h4-5,10-11,14-15,17,21-22H,6-9,12-13,16H2,1-2H3,(H,29,31). The average Bonchev–Trinajstić information content (AvgIpc) is 2.79. The Hall–Kier alpha value is -2.55. The third kappa shape index (κ3) is 5.26. The second-order valence-electron chi connectivity index (χ2n) is 9.09. The first-order chi connectivity index (χ1) is 15.4. The number of hydrogen-bond acceptors (Lipinski definition) is 3. The molecule has 5 nitrogen and oxygen atoms in total. The second kappa shape index (κ2) is 9.94. The summed E-state index contributed by atoms with van der Waals surface area (Å²) in [7, 11) is 0. The summed E-state index contributed by atoms with van der Waals surface area (Å²) in [6.07, 6.45) is 4.63. The zero-order chi connectivity index (χ0) is 22.7. The Balaban J connectivity index is 1.28. The Kier molecular flexibility index (Phi) is 7.03. The number of carbonyl (C=O) groups excluding carboxylic acids is 1. The van der Waals surface area contributed by atoms with Crippen molar-refractivity contribution in [2.45, 2.75) is 70.7 Å². The number of carbonyl (C=O) groups is 1. The molecule has 0 unspecified atom stereocenters. The van der Waals surface area contributed by atoms with Crippen molar-refractivity contribution < 1.29 is 9.53 Å². The monoisotopic (exact) mass is 451 g/mol. The van der Waals surface area contributed by atoms with Crippen LogP contribution in [0.1, 0.15) is 61.0 Å². The van der Waals surface area contributed by atoms with Crippen LogP contribution in [0.4, 0.5) is 5.69 Å². The van der Waals surface area contributed by atoms with E-state index in [4.69, 9.17) is 22.9 Å². The van der Waals surface area contributed by atoms with Gasteiger partial charge in [0.2, 0.25) is 5.69 Å². The predicted molar refractivity (Wildman–Crippen MR) is 128 cm³/mol. The van der Waals surface area contributed by atoms with Gasteiger partial charge < -0.3 is 10.1 Å². The number of benzene rings is 2. The molecule has 1 aliphatic heterocycles. The number of amides is 1. The van der Waals surface area contributed by atoms with Gasteiger partial charge in [-0.2, -0.15) is 0 Å². The van der Waals surface area contributed by atoms with Crippen molar-refractivity contribution in [1.82, 2.24) is 10.2 Å². The summed E-state index contributed by atoms with van der Waals surface area (Å²) in [6, 6.07) is 12.1. The van der Waals surface area contributed by atoms with E-state index in [1.54, 1.807) is 18.2 Å². The van der Waals surface area contributed by atoms with Gasteiger partial charge in [-0.15, -0.1) is 0 Å². The summed E-state index contributed by atoms with van der Waals surface area (Å²) in [5.74, 6) is 0.713. The fraction of sp³-hybridized carbons (Fsp3) is 0.462. The highest BCUT2D eigenvalue weighted by atomic mass is 35.5. The van der Waals surface area contributed by atoms with Crippen molar-refractivity contribution in [1.29, 1.82) is 0 Å². The van der Waals surface area contributed by atoms with Crippen LogP contribution in [0.15, 0.2) is 36.4 Å². The molecule has 0 saturated heterocycles. The lowest BCUT2D eigenvalue weighted by Crippen LogP contribution is -2.40. The first kappa shape index (κ1) is 22.6. The van der Waals surface area contributed by atoms with E-state index in [0.717, 1.165) is 50.8 Å². The van der Waals surface area contributed by atoms with E-state index in [0.29, 0.717) is 22.5 Å². The Morgan fingerprint density at radius 3 is 2.62 bits per heavy atom. The minimum absolute atomic E-state index is 0.0185. The number of rotatable bonds is 5. The molecule has 32 heavy (non-hydrogen) atoms. The van der Waals surface area contributed by atoms with Gasteiger partial charge in [-0.1, -0.05) is 23.7 Å². The molecule has 0 atom stereocenters. The highest BCUT2D eigenvalue weighted by molar-refractivity contribution is 6.33. The zero-order valence-corrected chi connectivity index (χ0v) is 19.5. The number of ether oxygens (including phenoxy) is 1. The molecular weight excluding hydrogens is 422 g/mol. The largest absolute Gasteiger partial charge is 0.490 e. The molecule has 1 N–H and O–H groups in total. The Morgan fingerprint density at radius 1 is 1.16 bits per heavy atom. The summed E-state index contributed by atoms with van der Waals surface area (Å²) in [6.45, 7) is 13.5. The molecule has 1 heterocycles. The van der Waals surface area contributed by atoms with Crippen LogP contribution in [0.5, 0.6) is 5.75 Å². The van der Waals surface area contributed by atoms with Crippen LogP contribution in [0, 0.1) is 6.57 Å². The summed E-state index contributed by atoms with van der Waals surface area (Å²) < 4.78 is 6.06. The Bertz CT molecular complexity index is 1020. The minimum Gasteiger partial charge on any atom is -0.490 e. The van der Waals surface area contributed by atoms with Gasteiger partial charge in [-0.05, 0) is 81.3 Å². The maximum absolute atomic E-state index is 12.9. The molecule has 0 bridgehead atoms. The molecular formula is C26H30ClN3O2. The topological polar surface area (TPSA) is 45.9 Å². The third-order valence-electron chi connectivity index (χ3n) is 6.59. The number of fused-ring (bicyclic) bond motifs is 1. The van der Waals surface area contributed by atoms with Crippen LogP contribution in [-0.2, 0) is 13.0 Å². The van der Waals surface area contributed by atoms with E-state index >= 15 is 0 Å². The normalized spacial score (nSPS) is 21.0. The van der Waals surface area contributed by atoms with Gasteiger partial charge in [-0.3, -0.25) is 9.69 Å². The molecule has 4 rings (SSSR count). The van der Waals surface area contributed by atoms with Crippen LogP contribution in [-0.4, -0.2) is 35.5 Å². The van der Waals surface area contributed by atoms with E-state index < -0.39 is 0 Å². The van der Waals surface area contributed by atoms with Crippen molar-refractivity contribution in [3.8, 4) is 5.75 Å². The van der Waals surface area contributed by atoms with Crippen LogP contribution in [0.25, 0.3) is 4.85 Å². The van der Waals surface area contributed by atoms with E-state index in [-0.39, 0.29) is 18.1 Å². The molecule has 0 spiro atoms. The highest BCUT2D eigenvalue weighted by Gasteiger charge is 2.25. The zero-order valence-electron chi connectivity index (χ0n) is 18.7. The van der Waals surface area contributed by atoms with Crippen LogP contribution >= 0.6 is 11.6 Å². The molecule has 0 radical (unpaired) electrons. The first-order valence-electron chi connectivity index (χ1n) is 11.4. The molecule has 1 saturated carbocycles. The number of halogens is 1. The van der Waals surface area contributed by atoms with Crippen molar-refractivity contribution in [3.05, 3.63) is 69.5 Å². The lowest BCUT2D eigenvalue weighted by molar-refractivity contribution is 0.0893. The molecule has 168 valence electrons. The van der Waals surface area contributed by atoms with Gasteiger partial charge in [0, 0.05) is 30.7 Å². The molecule has 6 heteroatoms. The van der Waals surface area contributed by atoms with Gasteiger partial charge in [0.05, 0.1) is 17.7 Å². The molecule has 1 fully saturated rings. The number of hydrogen-bond donors (Lipinski definition) is 1. The molecule has 1 amide bonds. The van der Waals surface area contributed by atoms with E-state index in [1.165, 1.54) is 11.1 Å². The lowest BCUT2D eigenvalue weighted by atomic mass is 9.92. The maximum Gasteiger partial charge on any atom is 0.251 e. The number of nitrogens with zero attached hydrogens (tertiary/aromatic N) is 2.